The summed E-state index contributed by atoms with van der Waals surface area (Å²) >= 11 is 0. The quantitative estimate of drug-likeness (QED) is 0.581. The lowest BCUT2D eigenvalue weighted by Gasteiger charge is -2.07. The zero-order valence-corrected chi connectivity index (χ0v) is 14.7. The summed E-state index contributed by atoms with van der Waals surface area (Å²) in [5.74, 6) is 0.361. The highest BCUT2D eigenvalue weighted by molar-refractivity contribution is 5.94. The Kier molecular flexibility index (Phi) is 7.24. The number of hydrogen-bond donors (Lipinski definition) is 1. The van der Waals surface area contributed by atoms with Crippen molar-refractivity contribution < 1.29 is 23.8 Å². The van der Waals surface area contributed by atoms with E-state index in [1.807, 2.05) is 31.2 Å². The Morgan fingerprint density at radius 2 is 1.85 bits per heavy atom. The minimum atomic E-state index is -0.598. The molecule has 0 atom stereocenters. The number of anilines is 1. The van der Waals surface area contributed by atoms with Crippen LogP contribution >= 0.6 is 0 Å². The molecule has 0 fully saturated rings. The van der Waals surface area contributed by atoms with E-state index in [9.17, 15) is 9.59 Å². The maximum Gasteiger partial charge on any atom is 0.331 e. The van der Waals surface area contributed by atoms with Crippen molar-refractivity contribution in [3.05, 3.63) is 60.2 Å². The van der Waals surface area contributed by atoms with Crippen LogP contribution in [-0.2, 0) is 14.3 Å². The van der Waals surface area contributed by atoms with Crippen LogP contribution in [0.4, 0.5) is 5.69 Å². The van der Waals surface area contributed by atoms with Gasteiger partial charge in [-0.2, -0.15) is 0 Å². The molecule has 2 rings (SSSR count). The van der Waals surface area contributed by atoms with Crippen molar-refractivity contribution >= 4 is 23.6 Å². The lowest BCUT2D eigenvalue weighted by molar-refractivity contribution is -0.142. The molecule has 0 saturated heterocycles. The highest BCUT2D eigenvalue weighted by Gasteiger charge is 2.06. The van der Waals surface area contributed by atoms with Gasteiger partial charge in [-0.05, 0) is 42.8 Å². The molecule has 1 amide bonds. The molecule has 0 aliphatic rings. The Labute approximate surface area is 152 Å². The van der Waals surface area contributed by atoms with Crippen LogP contribution in [0.15, 0.2) is 54.6 Å². The second-order valence-corrected chi connectivity index (χ2v) is 5.22. The van der Waals surface area contributed by atoms with Crippen LogP contribution in [0.2, 0.25) is 0 Å². The number of carbonyl (C=O) groups is 2. The first-order valence-corrected chi connectivity index (χ1v) is 8.12. The zero-order chi connectivity index (χ0) is 18.8. The number of hydrogen-bond acceptors (Lipinski definition) is 5. The van der Waals surface area contributed by atoms with E-state index in [1.54, 1.807) is 37.5 Å². The first kappa shape index (κ1) is 19.1. The number of rotatable bonds is 8. The van der Waals surface area contributed by atoms with Crippen LogP contribution in [0, 0.1) is 0 Å². The maximum absolute atomic E-state index is 11.8. The average Bonchev–Trinajstić information content (AvgIpc) is 2.66. The smallest absolute Gasteiger partial charge is 0.331 e. The molecule has 0 aliphatic heterocycles. The summed E-state index contributed by atoms with van der Waals surface area (Å²) in [4.78, 5) is 23.5. The summed E-state index contributed by atoms with van der Waals surface area (Å²) in [6.07, 6.45) is 2.88. The summed E-state index contributed by atoms with van der Waals surface area (Å²) in [7, 11) is 1.54. The molecule has 136 valence electrons. The molecule has 0 bridgehead atoms. The molecular weight excluding hydrogens is 334 g/mol. The van der Waals surface area contributed by atoms with Crippen LogP contribution in [0.5, 0.6) is 11.5 Å². The van der Waals surface area contributed by atoms with Crippen molar-refractivity contribution in [3.8, 4) is 11.5 Å². The maximum atomic E-state index is 11.8. The molecule has 6 nitrogen and oxygen atoms in total. The van der Waals surface area contributed by atoms with Gasteiger partial charge in [0.2, 0.25) is 0 Å². The molecule has 0 aliphatic carbocycles. The van der Waals surface area contributed by atoms with Crippen molar-refractivity contribution in [2.45, 2.75) is 6.92 Å². The van der Waals surface area contributed by atoms with Gasteiger partial charge in [-0.15, -0.1) is 0 Å². The standard InChI is InChI=1S/C20H21NO5/c1-3-25-17-10-7-15(8-11-17)9-12-20(23)26-14-19(22)21-16-5-4-6-18(13-16)24-2/h4-13H,3,14H2,1-2H3,(H,21,22)/b12-9+. The third-order valence-electron chi connectivity index (χ3n) is 3.30. The number of ether oxygens (including phenoxy) is 3. The highest BCUT2D eigenvalue weighted by atomic mass is 16.5. The van der Waals surface area contributed by atoms with Crippen molar-refractivity contribution in [2.75, 3.05) is 25.6 Å². The molecule has 2 aromatic carbocycles. The van der Waals surface area contributed by atoms with Crippen molar-refractivity contribution in [1.29, 1.82) is 0 Å². The zero-order valence-electron chi connectivity index (χ0n) is 14.7. The molecular formula is C20H21NO5. The van der Waals surface area contributed by atoms with Crippen LogP contribution in [0.25, 0.3) is 6.08 Å². The van der Waals surface area contributed by atoms with E-state index in [0.717, 1.165) is 11.3 Å². The van der Waals surface area contributed by atoms with Crippen LogP contribution < -0.4 is 14.8 Å². The van der Waals surface area contributed by atoms with Gasteiger partial charge >= 0.3 is 5.97 Å². The Hall–Kier alpha value is -3.28. The third-order valence-corrected chi connectivity index (χ3v) is 3.30. The molecule has 0 spiro atoms. The van der Waals surface area contributed by atoms with Gasteiger partial charge in [0.05, 0.1) is 13.7 Å². The molecule has 0 unspecified atom stereocenters. The number of benzene rings is 2. The lowest BCUT2D eigenvalue weighted by Crippen LogP contribution is -2.20. The van der Waals surface area contributed by atoms with Crippen LogP contribution in [0.1, 0.15) is 12.5 Å². The van der Waals surface area contributed by atoms with E-state index in [2.05, 4.69) is 5.32 Å². The van der Waals surface area contributed by atoms with Crippen LogP contribution in [0.3, 0.4) is 0 Å². The Balaban J connectivity index is 1.79. The van der Waals surface area contributed by atoms with Gasteiger partial charge in [-0.3, -0.25) is 4.79 Å². The van der Waals surface area contributed by atoms with Crippen molar-refractivity contribution in [1.82, 2.24) is 0 Å². The summed E-state index contributed by atoms with van der Waals surface area (Å²) < 4.78 is 15.3. The lowest BCUT2D eigenvalue weighted by atomic mass is 10.2. The Morgan fingerprint density at radius 1 is 1.08 bits per heavy atom. The van der Waals surface area contributed by atoms with Gasteiger partial charge in [-0.25, -0.2) is 4.79 Å². The van der Waals surface area contributed by atoms with E-state index in [-0.39, 0.29) is 6.61 Å². The number of esters is 1. The van der Waals surface area contributed by atoms with E-state index in [0.29, 0.717) is 18.0 Å². The average molecular weight is 355 g/mol. The molecule has 0 radical (unpaired) electrons. The van der Waals surface area contributed by atoms with Crippen molar-refractivity contribution in [3.63, 3.8) is 0 Å². The predicted octanol–water partition coefficient (Wildman–Crippen LogP) is 3.29. The third kappa shape index (κ3) is 6.32. The SMILES string of the molecule is CCOc1ccc(/C=C/C(=O)OCC(=O)Nc2cccc(OC)c2)cc1. The Bertz CT molecular complexity index is 768. The molecule has 0 heterocycles. The summed E-state index contributed by atoms with van der Waals surface area (Å²) in [6, 6.07) is 14.2. The van der Waals surface area contributed by atoms with Gasteiger partial charge in [0.1, 0.15) is 11.5 Å². The van der Waals surface area contributed by atoms with E-state index in [4.69, 9.17) is 14.2 Å². The van der Waals surface area contributed by atoms with E-state index < -0.39 is 11.9 Å². The fraction of sp³-hybridized carbons (Fsp3) is 0.200. The fourth-order valence-corrected chi connectivity index (χ4v) is 2.09. The van der Waals surface area contributed by atoms with Gasteiger partial charge in [0, 0.05) is 17.8 Å². The van der Waals surface area contributed by atoms with Crippen LogP contribution in [-0.4, -0.2) is 32.2 Å². The summed E-state index contributed by atoms with van der Waals surface area (Å²) in [5.41, 5.74) is 1.39. The molecule has 2 aromatic rings. The molecule has 0 saturated carbocycles. The first-order valence-electron chi connectivity index (χ1n) is 8.12. The van der Waals surface area contributed by atoms with Gasteiger partial charge in [0.15, 0.2) is 6.61 Å². The normalized spacial score (nSPS) is 10.4. The molecule has 6 heteroatoms. The second-order valence-electron chi connectivity index (χ2n) is 5.22. The monoisotopic (exact) mass is 355 g/mol. The number of carbonyl (C=O) groups excluding carboxylic acids is 2. The fourth-order valence-electron chi connectivity index (χ4n) is 2.09. The second kappa shape index (κ2) is 9.88. The van der Waals surface area contributed by atoms with Crippen molar-refractivity contribution in [2.24, 2.45) is 0 Å². The van der Waals surface area contributed by atoms with E-state index in [1.165, 1.54) is 6.08 Å². The Morgan fingerprint density at radius 3 is 2.54 bits per heavy atom. The number of methoxy groups -OCH3 is 1. The number of amides is 1. The van der Waals surface area contributed by atoms with Gasteiger partial charge in [-0.1, -0.05) is 18.2 Å². The van der Waals surface area contributed by atoms with Gasteiger partial charge in [0.25, 0.3) is 5.91 Å². The first-order chi connectivity index (χ1) is 12.6. The minimum Gasteiger partial charge on any atom is -0.497 e. The largest absolute Gasteiger partial charge is 0.497 e. The summed E-state index contributed by atoms with van der Waals surface area (Å²) in [5, 5.41) is 2.63. The number of nitrogens with one attached hydrogen (secondary N) is 1. The van der Waals surface area contributed by atoms with Gasteiger partial charge < -0.3 is 19.5 Å². The molecule has 26 heavy (non-hydrogen) atoms. The minimum absolute atomic E-state index is 0.371. The molecule has 0 aromatic heterocycles. The summed E-state index contributed by atoms with van der Waals surface area (Å²) in [6.45, 7) is 2.14. The molecule has 1 N–H and O–H groups in total. The van der Waals surface area contributed by atoms with E-state index >= 15 is 0 Å². The predicted molar refractivity (Wildman–Crippen MR) is 99.2 cm³/mol. The highest BCUT2D eigenvalue weighted by Crippen LogP contribution is 2.16. The topological polar surface area (TPSA) is 73.9 Å².